The highest BCUT2D eigenvalue weighted by molar-refractivity contribution is 6.08. The summed E-state index contributed by atoms with van der Waals surface area (Å²) in [5, 5.41) is 11.4. The van der Waals surface area contributed by atoms with Crippen LogP contribution < -0.4 is 21.3 Å². The molecule has 4 N–H and O–H groups in total. The van der Waals surface area contributed by atoms with Crippen molar-refractivity contribution >= 4 is 35.0 Å². The largest absolute Gasteiger partial charge is 0.348 e. The Kier molecular flexibility index (Phi) is 6.95. The van der Waals surface area contributed by atoms with Crippen LogP contribution in [0.3, 0.4) is 0 Å². The van der Waals surface area contributed by atoms with Gasteiger partial charge in [-0.3, -0.25) is 19.2 Å². The van der Waals surface area contributed by atoms with Crippen molar-refractivity contribution in [1.82, 2.24) is 10.6 Å². The van der Waals surface area contributed by atoms with E-state index < -0.39 is 0 Å². The third kappa shape index (κ3) is 5.76. The predicted molar refractivity (Wildman–Crippen MR) is 144 cm³/mol. The standard InChI is InChI=1S/C30H24N4O4/c35-27-21-3-1-4-22(15-21)28(36)32-18-20-9-13-26(14-10-20)34-30(38)24-6-2-5-23(16-24)29(37)33-25-11-7-19(8-12-25)17-31-27/h1-16H,17-18H2,(H,31,35)(H,32,36)(H,33,37)(H,34,38). The summed E-state index contributed by atoms with van der Waals surface area (Å²) < 4.78 is 0. The van der Waals surface area contributed by atoms with Crippen molar-refractivity contribution in [3.8, 4) is 0 Å². The van der Waals surface area contributed by atoms with E-state index >= 15 is 0 Å². The molecule has 0 saturated heterocycles. The van der Waals surface area contributed by atoms with Gasteiger partial charge in [-0.25, -0.2) is 0 Å². The molecule has 8 heteroatoms. The van der Waals surface area contributed by atoms with E-state index in [1.807, 2.05) is 0 Å². The van der Waals surface area contributed by atoms with Gasteiger partial charge in [0.2, 0.25) is 0 Å². The van der Waals surface area contributed by atoms with Crippen LogP contribution in [0.4, 0.5) is 11.4 Å². The molecule has 0 radical (unpaired) electrons. The van der Waals surface area contributed by atoms with Gasteiger partial charge in [0.1, 0.15) is 0 Å². The van der Waals surface area contributed by atoms with Gasteiger partial charge in [0.05, 0.1) is 0 Å². The Labute approximate surface area is 219 Å². The number of benzene rings is 4. The van der Waals surface area contributed by atoms with Gasteiger partial charge in [0, 0.05) is 46.7 Å². The number of carbonyl (C=O) groups excluding carboxylic acids is 4. The van der Waals surface area contributed by atoms with Crippen molar-refractivity contribution in [2.45, 2.75) is 13.1 Å². The Balaban J connectivity index is 1.43. The quantitative estimate of drug-likeness (QED) is 0.285. The fourth-order valence-electron chi connectivity index (χ4n) is 3.99. The molecule has 8 rings (SSSR count). The molecule has 4 aromatic carbocycles. The van der Waals surface area contributed by atoms with E-state index in [0.29, 0.717) is 33.6 Å². The zero-order valence-electron chi connectivity index (χ0n) is 20.3. The van der Waals surface area contributed by atoms with Crippen LogP contribution in [0, 0.1) is 0 Å². The molecular formula is C30H24N4O4. The maximum absolute atomic E-state index is 12.8. The van der Waals surface area contributed by atoms with Crippen LogP contribution in [0.5, 0.6) is 0 Å². The lowest BCUT2D eigenvalue weighted by Crippen LogP contribution is -2.25. The third-order valence-corrected chi connectivity index (χ3v) is 6.10. The highest BCUT2D eigenvalue weighted by Gasteiger charge is 2.13. The maximum Gasteiger partial charge on any atom is 0.255 e. The molecule has 0 fully saturated rings. The highest BCUT2D eigenvalue weighted by Crippen LogP contribution is 2.16. The fourth-order valence-corrected chi connectivity index (χ4v) is 3.99. The topological polar surface area (TPSA) is 116 Å². The average molecular weight is 505 g/mol. The second-order valence-electron chi connectivity index (χ2n) is 8.83. The van der Waals surface area contributed by atoms with Crippen LogP contribution in [0.25, 0.3) is 0 Å². The molecule has 0 atom stereocenters. The Hall–Kier alpha value is -5.24. The summed E-state index contributed by atoms with van der Waals surface area (Å²) in [6.07, 6.45) is 0. The van der Waals surface area contributed by atoms with E-state index in [-0.39, 0.29) is 36.7 Å². The molecule has 0 spiro atoms. The van der Waals surface area contributed by atoms with Crippen molar-refractivity contribution in [2.75, 3.05) is 10.6 Å². The van der Waals surface area contributed by atoms with Gasteiger partial charge >= 0.3 is 0 Å². The molecule has 0 unspecified atom stereocenters. The van der Waals surface area contributed by atoms with Crippen molar-refractivity contribution in [3.05, 3.63) is 130 Å². The van der Waals surface area contributed by atoms with Crippen LogP contribution in [-0.2, 0) is 13.1 Å². The smallest absolute Gasteiger partial charge is 0.255 e. The molecule has 4 heterocycles. The highest BCUT2D eigenvalue weighted by atomic mass is 16.2. The Morgan fingerprint density at radius 3 is 1.13 bits per heavy atom. The van der Waals surface area contributed by atoms with E-state index in [0.717, 1.165) is 11.1 Å². The summed E-state index contributed by atoms with van der Waals surface area (Å²) in [5.41, 5.74) is 4.26. The van der Waals surface area contributed by atoms with Gasteiger partial charge in [0.25, 0.3) is 23.6 Å². The first-order valence-electron chi connectivity index (χ1n) is 12.0. The molecular weight excluding hydrogens is 480 g/mol. The number of carbonyl (C=O) groups is 4. The first-order valence-corrected chi connectivity index (χ1v) is 12.0. The van der Waals surface area contributed by atoms with E-state index in [9.17, 15) is 19.2 Å². The summed E-state index contributed by atoms with van der Waals surface area (Å²) in [4.78, 5) is 51.0. The first-order chi connectivity index (χ1) is 18.4. The van der Waals surface area contributed by atoms with Gasteiger partial charge in [-0.05, 0) is 71.8 Å². The molecule has 38 heavy (non-hydrogen) atoms. The van der Waals surface area contributed by atoms with Gasteiger partial charge in [-0.1, -0.05) is 36.4 Å². The lowest BCUT2D eigenvalue weighted by atomic mass is 10.1. The monoisotopic (exact) mass is 504 g/mol. The van der Waals surface area contributed by atoms with E-state index in [4.69, 9.17) is 0 Å². The lowest BCUT2D eigenvalue weighted by Gasteiger charge is -2.11. The first kappa shape index (κ1) is 24.5. The second-order valence-corrected chi connectivity index (χ2v) is 8.83. The molecule has 4 amide bonds. The van der Waals surface area contributed by atoms with E-state index in [2.05, 4.69) is 21.3 Å². The maximum atomic E-state index is 12.8. The number of hydrogen-bond donors (Lipinski definition) is 4. The van der Waals surface area contributed by atoms with Crippen LogP contribution in [-0.4, -0.2) is 23.6 Å². The molecule has 4 aromatic rings. The average Bonchev–Trinajstić information content (AvgIpc) is 2.95. The molecule has 4 aliphatic heterocycles. The Bertz CT molecular complexity index is 1420. The van der Waals surface area contributed by atoms with E-state index in [1.165, 1.54) is 6.07 Å². The van der Waals surface area contributed by atoms with Crippen molar-refractivity contribution in [2.24, 2.45) is 0 Å². The third-order valence-electron chi connectivity index (χ3n) is 6.10. The zero-order chi connectivity index (χ0) is 26.5. The van der Waals surface area contributed by atoms with E-state index in [1.54, 1.807) is 91.0 Å². The summed E-state index contributed by atoms with van der Waals surface area (Å²) in [7, 11) is 0. The molecule has 8 bridgehead atoms. The SMILES string of the molecule is O=C1NCc2ccc(cc2)NC(=O)c2cccc(c2)C(=O)Nc2ccc(cc2)CNC(=O)c2cccc1c2. The second kappa shape index (κ2) is 10.8. The zero-order valence-corrected chi connectivity index (χ0v) is 20.3. The van der Waals surface area contributed by atoms with Crippen molar-refractivity contribution in [1.29, 1.82) is 0 Å². The molecule has 8 nitrogen and oxygen atoms in total. The number of hydrogen-bond acceptors (Lipinski definition) is 4. The van der Waals surface area contributed by atoms with Crippen molar-refractivity contribution in [3.63, 3.8) is 0 Å². The summed E-state index contributed by atoms with van der Waals surface area (Å²) in [6, 6.07) is 27.1. The minimum Gasteiger partial charge on any atom is -0.348 e. The van der Waals surface area contributed by atoms with Gasteiger partial charge in [-0.2, -0.15) is 0 Å². The van der Waals surface area contributed by atoms with Gasteiger partial charge in [-0.15, -0.1) is 0 Å². The summed E-state index contributed by atoms with van der Waals surface area (Å²) >= 11 is 0. The molecule has 0 aliphatic carbocycles. The normalized spacial score (nSPS) is 14.1. The fraction of sp³-hybridized carbons (Fsp3) is 0.0667. The van der Waals surface area contributed by atoms with Crippen LogP contribution in [0.1, 0.15) is 52.6 Å². The van der Waals surface area contributed by atoms with Crippen molar-refractivity contribution < 1.29 is 19.2 Å². The predicted octanol–water partition coefficient (Wildman–Crippen LogP) is 4.36. The van der Waals surface area contributed by atoms with Gasteiger partial charge < -0.3 is 21.3 Å². The summed E-state index contributed by atoms with van der Waals surface area (Å²) in [6.45, 7) is 0.549. The molecule has 188 valence electrons. The minimum absolute atomic E-state index is 0.274. The Morgan fingerprint density at radius 1 is 0.421 bits per heavy atom. The number of rotatable bonds is 0. The summed E-state index contributed by atoms with van der Waals surface area (Å²) in [5.74, 6) is -1.30. The lowest BCUT2D eigenvalue weighted by molar-refractivity contribution is 0.0948. The molecule has 4 aliphatic rings. The van der Waals surface area contributed by atoms with Crippen LogP contribution >= 0.6 is 0 Å². The number of nitrogens with one attached hydrogen (secondary N) is 4. The molecule has 0 aromatic heterocycles. The van der Waals surface area contributed by atoms with Gasteiger partial charge in [0.15, 0.2) is 0 Å². The minimum atomic E-state index is -0.346. The number of anilines is 2. The molecule has 0 saturated carbocycles. The van der Waals surface area contributed by atoms with Crippen LogP contribution in [0.15, 0.2) is 97.1 Å². The van der Waals surface area contributed by atoms with Crippen LogP contribution in [0.2, 0.25) is 0 Å². The Morgan fingerprint density at radius 2 is 0.763 bits per heavy atom. The number of amides is 4.